The molecule has 1 saturated heterocycles. The van der Waals surface area contributed by atoms with E-state index in [9.17, 15) is 4.39 Å². The summed E-state index contributed by atoms with van der Waals surface area (Å²) < 4.78 is 19.0. The fourth-order valence-corrected chi connectivity index (χ4v) is 2.41. The maximum atomic E-state index is 13.4. The van der Waals surface area contributed by atoms with E-state index in [4.69, 9.17) is 9.84 Å². The molecule has 0 amide bonds. The third-order valence-corrected chi connectivity index (χ3v) is 3.71. The average Bonchev–Trinajstić information content (AvgIpc) is 2.44. The first-order chi connectivity index (χ1) is 10.0. The van der Waals surface area contributed by atoms with E-state index in [1.807, 2.05) is 0 Å². The van der Waals surface area contributed by atoms with Gasteiger partial charge in [-0.1, -0.05) is 17.9 Å². The van der Waals surface area contributed by atoms with Crippen LogP contribution in [0.2, 0.25) is 0 Å². The Bertz CT molecular complexity index is 545. The number of rotatable bonds is 3. The number of halogens is 1. The number of hydrogen-bond acceptors (Lipinski definition) is 3. The highest BCUT2D eigenvalue weighted by molar-refractivity contribution is 5.41. The van der Waals surface area contributed by atoms with Crippen LogP contribution in [-0.2, 0) is 11.3 Å². The van der Waals surface area contributed by atoms with Crippen LogP contribution in [0.15, 0.2) is 18.2 Å². The molecule has 1 heterocycles. The van der Waals surface area contributed by atoms with Gasteiger partial charge in [0.25, 0.3) is 0 Å². The van der Waals surface area contributed by atoms with Gasteiger partial charge in [-0.3, -0.25) is 4.90 Å². The normalized spacial score (nSPS) is 18.1. The van der Waals surface area contributed by atoms with Gasteiger partial charge >= 0.3 is 0 Å². The molecule has 4 heteroatoms. The standard InChI is InChI=1S/C17H22FNO2/c1-17(2)13-21-10-8-19(17)12-15-6-7-16(18)11-14(15)5-3-4-9-20/h6-7,11,20H,4,8-10,12-13H2,1-2H3. The summed E-state index contributed by atoms with van der Waals surface area (Å²) in [6.45, 7) is 7.30. The number of ether oxygens (including phenoxy) is 1. The molecule has 1 aliphatic heterocycles. The predicted molar refractivity (Wildman–Crippen MR) is 80.3 cm³/mol. The maximum Gasteiger partial charge on any atom is 0.124 e. The molecule has 0 aromatic heterocycles. The molecule has 0 radical (unpaired) electrons. The summed E-state index contributed by atoms with van der Waals surface area (Å²) in [5.41, 5.74) is 1.67. The largest absolute Gasteiger partial charge is 0.395 e. The molecular formula is C17H22FNO2. The monoisotopic (exact) mass is 291 g/mol. The number of aliphatic hydroxyl groups is 1. The van der Waals surface area contributed by atoms with Crippen molar-refractivity contribution in [2.75, 3.05) is 26.4 Å². The van der Waals surface area contributed by atoms with E-state index in [2.05, 4.69) is 30.6 Å². The van der Waals surface area contributed by atoms with Gasteiger partial charge in [-0.25, -0.2) is 4.39 Å². The molecule has 21 heavy (non-hydrogen) atoms. The molecule has 0 bridgehead atoms. The number of benzene rings is 1. The highest BCUT2D eigenvalue weighted by atomic mass is 19.1. The first-order valence-corrected chi connectivity index (χ1v) is 7.24. The van der Waals surface area contributed by atoms with Crippen LogP contribution in [0.4, 0.5) is 4.39 Å². The average molecular weight is 291 g/mol. The number of nitrogens with zero attached hydrogens (tertiary/aromatic N) is 1. The molecule has 1 N–H and O–H groups in total. The Kier molecular flexibility index (Phi) is 5.35. The molecule has 0 spiro atoms. The van der Waals surface area contributed by atoms with Gasteiger partial charge in [-0.2, -0.15) is 0 Å². The van der Waals surface area contributed by atoms with Crippen LogP contribution in [0.1, 0.15) is 31.4 Å². The molecule has 0 unspecified atom stereocenters. The summed E-state index contributed by atoms with van der Waals surface area (Å²) in [5.74, 6) is 5.55. The Balaban J connectivity index is 2.21. The topological polar surface area (TPSA) is 32.7 Å². The predicted octanol–water partition coefficient (Wildman–Crippen LogP) is 2.17. The van der Waals surface area contributed by atoms with E-state index in [1.165, 1.54) is 12.1 Å². The Morgan fingerprint density at radius 1 is 1.43 bits per heavy atom. The molecule has 0 aliphatic carbocycles. The lowest BCUT2D eigenvalue weighted by Gasteiger charge is -2.42. The molecule has 0 atom stereocenters. The minimum atomic E-state index is -0.284. The first kappa shape index (κ1) is 16.0. The van der Waals surface area contributed by atoms with Crippen molar-refractivity contribution in [1.29, 1.82) is 0 Å². The van der Waals surface area contributed by atoms with E-state index < -0.39 is 0 Å². The smallest absolute Gasteiger partial charge is 0.124 e. The van der Waals surface area contributed by atoms with Crippen LogP contribution in [0.5, 0.6) is 0 Å². The first-order valence-electron chi connectivity index (χ1n) is 7.24. The van der Waals surface area contributed by atoms with E-state index >= 15 is 0 Å². The van der Waals surface area contributed by atoms with Gasteiger partial charge in [0, 0.05) is 30.6 Å². The molecule has 1 aromatic rings. The maximum absolute atomic E-state index is 13.4. The Hall–Kier alpha value is -1.41. The van der Waals surface area contributed by atoms with Crippen LogP contribution < -0.4 is 0 Å². The summed E-state index contributed by atoms with van der Waals surface area (Å²) in [5, 5.41) is 8.80. The van der Waals surface area contributed by atoms with Crippen molar-refractivity contribution in [2.24, 2.45) is 0 Å². The minimum Gasteiger partial charge on any atom is -0.395 e. The third-order valence-electron chi connectivity index (χ3n) is 3.71. The molecule has 114 valence electrons. The lowest BCUT2D eigenvalue weighted by Crippen LogP contribution is -2.52. The molecule has 3 nitrogen and oxygen atoms in total. The van der Waals surface area contributed by atoms with Crippen LogP contribution in [0.3, 0.4) is 0 Å². The van der Waals surface area contributed by atoms with Gasteiger partial charge in [-0.15, -0.1) is 0 Å². The van der Waals surface area contributed by atoms with Crippen LogP contribution in [-0.4, -0.2) is 41.9 Å². The zero-order chi connectivity index (χ0) is 15.3. The highest BCUT2D eigenvalue weighted by Gasteiger charge is 2.30. The summed E-state index contributed by atoms with van der Waals surface area (Å²) in [6, 6.07) is 4.73. The van der Waals surface area contributed by atoms with Gasteiger partial charge in [0.05, 0.1) is 19.8 Å². The van der Waals surface area contributed by atoms with Crippen LogP contribution in [0.25, 0.3) is 0 Å². The Morgan fingerprint density at radius 2 is 2.24 bits per heavy atom. The highest BCUT2D eigenvalue weighted by Crippen LogP contribution is 2.23. The zero-order valence-corrected chi connectivity index (χ0v) is 12.7. The Labute approximate surface area is 125 Å². The van der Waals surface area contributed by atoms with Crippen LogP contribution in [0, 0.1) is 17.7 Å². The summed E-state index contributed by atoms with van der Waals surface area (Å²) >= 11 is 0. The van der Waals surface area contributed by atoms with Crippen molar-refractivity contribution in [3.8, 4) is 11.8 Å². The Morgan fingerprint density at radius 3 is 2.95 bits per heavy atom. The fourth-order valence-electron chi connectivity index (χ4n) is 2.41. The number of morpholine rings is 1. The SMILES string of the molecule is CC1(C)COCCN1Cc1ccc(F)cc1C#CCCO. The van der Waals surface area contributed by atoms with Crippen molar-refractivity contribution in [3.05, 3.63) is 35.1 Å². The van der Waals surface area contributed by atoms with E-state index in [1.54, 1.807) is 6.07 Å². The molecule has 0 saturated carbocycles. The van der Waals surface area contributed by atoms with Crippen molar-refractivity contribution in [1.82, 2.24) is 4.90 Å². The zero-order valence-electron chi connectivity index (χ0n) is 12.7. The number of aliphatic hydroxyl groups excluding tert-OH is 1. The fraction of sp³-hybridized carbons (Fsp3) is 0.529. The van der Waals surface area contributed by atoms with Crippen molar-refractivity contribution in [3.63, 3.8) is 0 Å². The lowest BCUT2D eigenvalue weighted by atomic mass is 9.99. The molecular weight excluding hydrogens is 269 g/mol. The minimum absolute atomic E-state index is 0.0220. The van der Waals surface area contributed by atoms with Crippen LogP contribution >= 0.6 is 0 Å². The van der Waals surface area contributed by atoms with Gasteiger partial charge in [0.2, 0.25) is 0 Å². The molecule has 2 rings (SSSR count). The second kappa shape index (κ2) is 7.04. The van der Waals surface area contributed by atoms with Gasteiger partial charge in [-0.05, 0) is 31.5 Å². The van der Waals surface area contributed by atoms with E-state index in [0.717, 1.165) is 25.3 Å². The van der Waals surface area contributed by atoms with Gasteiger partial charge in [0.15, 0.2) is 0 Å². The van der Waals surface area contributed by atoms with Gasteiger partial charge in [0.1, 0.15) is 5.82 Å². The summed E-state index contributed by atoms with van der Waals surface area (Å²) in [6.07, 6.45) is 0.402. The summed E-state index contributed by atoms with van der Waals surface area (Å²) in [7, 11) is 0. The van der Waals surface area contributed by atoms with E-state index in [0.29, 0.717) is 18.6 Å². The quantitative estimate of drug-likeness (QED) is 0.866. The second-order valence-electron chi connectivity index (χ2n) is 5.86. The lowest BCUT2D eigenvalue weighted by molar-refractivity contribution is -0.0553. The van der Waals surface area contributed by atoms with Gasteiger partial charge < -0.3 is 9.84 Å². The van der Waals surface area contributed by atoms with Crippen molar-refractivity contribution >= 4 is 0 Å². The van der Waals surface area contributed by atoms with E-state index in [-0.39, 0.29) is 18.0 Å². The van der Waals surface area contributed by atoms with Crippen molar-refractivity contribution < 1.29 is 14.2 Å². The molecule has 1 aliphatic rings. The third kappa shape index (κ3) is 4.28. The molecule has 1 fully saturated rings. The second-order valence-corrected chi connectivity index (χ2v) is 5.86. The molecule has 1 aromatic carbocycles. The van der Waals surface area contributed by atoms with Crippen molar-refractivity contribution in [2.45, 2.75) is 32.4 Å². The summed E-state index contributed by atoms with van der Waals surface area (Å²) in [4.78, 5) is 2.33. The number of hydrogen-bond donors (Lipinski definition) is 1.